The normalized spacial score (nSPS) is 12.4. The fraction of sp³-hybridized carbons (Fsp3) is 0.571. The molecule has 1 rings (SSSR count). The van der Waals surface area contributed by atoms with Gasteiger partial charge in [-0.3, -0.25) is 0 Å². The van der Waals surface area contributed by atoms with E-state index in [1.54, 1.807) is 0 Å². The number of hydrogen-bond acceptors (Lipinski definition) is 4. The molecule has 4 heteroatoms. The molecular formula is C14H23NO3. The molecule has 0 aliphatic carbocycles. The molecule has 102 valence electrons. The molecule has 2 N–H and O–H groups in total. The zero-order valence-electron chi connectivity index (χ0n) is 11.4. The van der Waals surface area contributed by atoms with Gasteiger partial charge in [0.15, 0.2) is 0 Å². The van der Waals surface area contributed by atoms with Crippen molar-refractivity contribution in [1.82, 2.24) is 5.32 Å². The van der Waals surface area contributed by atoms with Crippen molar-refractivity contribution in [2.45, 2.75) is 19.9 Å². The van der Waals surface area contributed by atoms with Crippen LogP contribution in [0.3, 0.4) is 0 Å². The minimum atomic E-state index is 0.0512. The van der Waals surface area contributed by atoms with Gasteiger partial charge in [0.1, 0.15) is 12.4 Å². The molecular weight excluding hydrogens is 230 g/mol. The average molecular weight is 253 g/mol. The molecule has 0 aliphatic rings. The number of nitrogens with one attached hydrogen (secondary N) is 1. The Labute approximate surface area is 109 Å². The molecule has 0 aliphatic heterocycles. The van der Waals surface area contributed by atoms with E-state index < -0.39 is 0 Å². The smallest absolute Gasteiger partial charge is 0.122 e. The lowest BCUT2D eigenvalue weighted by Crippen LogP contribution is -2.13. The van der Waals surface area contributed by atoms with E-state index in [0.29, 0.717) is 25.9 Å². The maximum atomic E-state index is 8.56. The predicted molar refractivity (Wildman–Crippen MR) is 72.1 cm³/mol. The molecule has 0 spiro atoms. The van der Waals surface area contributed by atoms with Crippen molar-refractivity contribution in [3.05, 3.63) is 29.3 Å². The van der Waals surface area contributed by atoms with Crippen molar-refractivity contribution in [3.63, 3.8) is 0 Å². The van der Waals surface area contributed by atoms with Crippen LogP contribution in [-0.2, 0) is 4.74 Å². The first kappa shape index (κ1) is 15.0. The molecule has 0 fully saturated rings. The zero-order valence-corrected chi connectivity index (χ0v) is 11.4. The quantitative estimate of drug-likeness (QED) is 0.692. The Morgan fingerprint density at radius 2 is 2.06 bits per heavy atom. The van der Waals surface area contributed by atoms with Gasteiger partial charge in [-0.15, -0.1) is 0 Å². The Balaban J connectivity index is 2.47. The van der Waals surface area contributed by atoms with Gasteiger partial charge in [0, 0.05) is 6.04 Å². The summed E-state index contributed by atoms with van der Waals surface area (Å²) in [4.78, 5) is 0. The lowest BCUT2D eigenvalue weighted by Gasteiger charge is -2.14. The molecule has 4 nitrogen and oxygen atoms in total. The van der Waals surface area contributed by atoms with Crippen LogP contribution in [0.25, 0.3) is 0 Å². The van der Waals surface area contributed by atoms with Gasteiger partial charge in [-0.2, -0.15) is 0 Å². The van der Waals surface area contributed by atoms with E-state index in [4.69, 9.17) is 14.6 Å². The van der Waals surface area contributed by atoms with Crippen LogP contribution in [0.15, 0.2) is 18.2 Å². The van der Waals surface area contributed by atoms with Crippen LogP contribution in [0.2, 0.25) is 0 Å². The highest BCUT2D eigenvalue weighted by Crippen LogP contribution is 2.22. The summed E-state index contributed by atoms with van der Waals surface area (Å²) in [6.45, 7) is 5.57. The van der Waals surface area contributed by atoms with Crippen molar-refractivity contribution < 1.29 is 14.6 Å². The summed E-state index contributed by atoms with van der Waals surface area (Å²) in [6.07, 6.45) is 0. The molecule has 0 saturated heterocycles. The van der Waals surface area contributed by atoms with Gasteiger partial charge in [0.2, 0.25) is 0 Å². The molecule has 1 unspecified atom stereocenters. The van der Waals surface area contributed by atoms with Gasteiger partial charge in [-0.25, -0.2) is 0 Å². The number of aliphatic hydroxyl groups excluding tert-OH is 1. The molecule has 1 aromatic carbocycles. The molecule has 18 heavy (non-hydrogen) atoms. The third-order valence-electron chi connectivity index (χ3n) is 2.85. The van der Waals surface area contributed by atoms with Crippen molar-refractivity contribution in [3.8, 4) is 5.75 Å². The predicted octanol–water partition coefficient (Wildman–Crippen LogP) is 1.66. The summed E-state index contributed by atoms with van der Waals surface area (Å²) in [5.74, 6) is 0.884. The second-order valence-corrected chi connectivity index (χ2v) is 4.22. The van der Waals surface area contributed by atoms with E-state index >= 15 is 0 Å². The Bertz CT molecular complexity index is 355. The molecule has 0 heterocycles. The largest absolute Gasteiger partial charge is 0.491 e. The third kappa shape index (κ3) is 4.64. The summed E-state index contributed by atoms with van der Waals surface area (Å²) < 4.78 is 10.8. The Morgan fingerprint density at radius 1 is 1.28 bits per heavy atom. The van der Waals surface area contributed by atoms with Gasteiger partial charge in [0.25, 0.3) is 0 Å². The van der Waals surface area contributed by atoms with Crippen molar-refractivity contribution in [1.29, 1.82) is 0 Å². The van der Waals surface area contributed by atoms with Gasteiger partial charge < -0.3 is 19.9 Å². The van der Waals surface area contributed by atoms with Crippen LogP contribution < -0.4 is 10.1 Å². The first-order chi connectivity index (χ1) is 8.69. The lowest BCUT2D eigenvalue weighted by atomic mass is 10.1. The first-order valence-electron chi connectivity index (χ1n) is 6.28. The number of rotatable bonds is 8. The Morgan fingerprint density at radius 3 is 2.67 bits per heavy atom. The highest BCUT2D eigenvalue weighted by atomic mass is 16.5. The summed E-state index contributed by atoms with van der Waals surface area (Å²) in [6, 6.07) is 6.53. The fourth-order valence-electron chi connectivity index (χ4n) is 1.65. The van der Waals surface area contributed by atoms with Crippen LogP contribution in [0, 0.1) is 6.92 Å². The minimum absolute atomic E-state index is 0.0512. The molecule has 1 aromatic rings. The van der Waals surface area contributed by atoms with Crippen molar-refractivity contribution >= 4 is 0 Å². The van der Waals surface area contributed by atoms with E-state index in [1.165, 1.54) is 5.56 Å². The van der Waals surface area contributed by atoms with E-state index in [9.17, 15) is 0 Å². The number of hydrogen-bond donors (Lipinski definition) is 2. The maximum absolute atomic E-state index is 8.56. The van der Waals surface area contributed by atoms with Crippen molar-refractivity contribution in [2.24, 2.45) is 0 Å². The fourth-order valence-corrected chi connectivity index (χ4v) is 1.65. The van der Waals surface area contributed by atoms with E-state index in [2.05, 4.69) is 24.4 Å². The number of aryl methyl sites for hydroxylation is 1. The SMILES string of the molecule is CNC(C)c1ccc(OCCOCCO)c(C)c1. The summed E-state index contributed by atoms with van der Waals surface area (Å²) in [5.41, 5.74) is 2.37. The minimum Gasteiger partial charge on any atom is -0.491 e. The highest BCUT2D eigenvalue weighted by molar-refractivity contribution is 5.37. The lowest BCUT2D eigenvalue weighted by molar-refractivity contribution is 0.0703. The Kier molecular flexibility index (Phi) is 6.72. The van der Waals surface area contributed by atoms with Gasteiger partial charge in [-0.1, -0.05) is 12.1 Å². The highest BCUT2D eigenvalue weighted by Gasteiger charge is 2.05. The van der Waals surface area contributed by atoms with Crippen LogP contribution in [0.4, 0.5) is 0 Å². The second-order valence-electron chi connectivity index (χ2n) is 4.22. The molecule has 0 bridgehead atoms. The molecule has 0 amide bonds. The van der Waals surface area contributed by atoms with Crippen molar-refractivity contribution in [2.75, 3.05) is 33.5 Å². The topological polar surface area (TPSA) is 50.7 Å². The van der Waals surface area contributed by atoms with Crippen LogP contribution >= 0.6 is 0 Å². The number of aliphatic hydroxyl groups is 1. The van der Waals surface area contributed by atoms with E-state index in [1.807, 2.05) is 20.0 Å². The maximum Gasteiger partial charge on any atom is 0.122 e. The second kappa shape index (κ2) is 8.08. The Hall–Kier alpha value is -1.10. The molecule has 0 aromatic heterocycles. The summed E-state index contributed by atoms with van der Waals surface area (Å²) in [5, 5.41) is 11.8. The number of ether oxygens (including phenoxy) is 2. The van der Waals surface area contributed by atoms with Crippen LogP contribution in [0.1, 0.15) is 24.1 Å². The third-order valence-corrected chi connectivity index (χ3v) is 2.85. The zero-order chi connectivity index (χ0) is 13.4. The number of benzene rings is 1. The summed E-state index contributed by atoms with van der Waals surface area (Å²) in [7, 11) is 1.95. The standard InChI is InChI=1S/C14H23NO3/c1-11-10-13(12(2)15-3)4-5-14(11)18-9-8-17-7-6-16/h4-5,10,12,15-16H,6-9H2,1-3H3. The monoisotopic (exact) mass is 253 g/mol. The molecule has 0 saturated carbocycles. The van der Waals surface area contributed by atoms with E-state index in [-0.39, 0.29) is 6.61 Å². The van der Waals surface area contributed by atoms with Gasteiger partial charge >= 0.3 is 0 Å². The van der Waals surface area contributed by atoms with Crippen LogP contribution in [0.5, 0.6) is 5.75 Å². The molecule has 1 atom stereocenters. The first-order valence-corrected chi connectivity index (χ1v) is 6.28. The van der Waals surface area contributed by atoms with Crippen LogP contribution in [-0.4, -0.2) is 38.6 Å². The molecule has 0 radical (unpaired) electrons. The van der Waals surface area contributed by atoms with Gasteiger partial charge in [0.05, 0.1) is 19.8 Å². The van der Waals surface area contributed by atoms with E-state index in [0.717, 1.165) is 11.3 Å². The summed E-state index contributed by atoms with van der Waals surface area (Å²) >= 11 is 0. The van der Waals surface area contributed by atoms with Gasteiger partial charge in [-0.05, 0) is 38.1 Å². The average Bonchev–Trinajstić information content (AvgIpc) is 2.39.